The van der Waals surface area contributed by atoms with E-state index in [1.54, 1.807) is 6.20 Å². The van der Waals surface area contributed by atoms with Crippen LogP contribution in [-0.2, 0) is 11.2 Å². The summed E-state index contributed by atoms with van der Waals surface area (Å²) in [6, 6.07) is 3.83. The lowest BCUT2D eigenvalue weighted by atomic mass is 10.1. The van der Waals surface area contributed by atoms with E-state index in [9.17, 15) is 35.5 Å². The molecule has 0 aliphatic carbocycles. The molecule has 2 heterocycles. The predicted octanol–water partition coefficient (Wildman–Crippen LogP) is 4.58. The van der Waals surface area contributed by atoms with Gasteiger partial charge in [-0.2, -0.15) is 30.7 Å². The Morgan fingerprint density at radius 2 is 1.72 bits per heavy atom. The molecular weight excluding hydrogens is 407 g/mol. The van der Waals surface area contributed by atoms with Crippen molar-refractivity contribution in [3.63, 3.8) is 0 Å². The molecule has 4 nitrogen and oxygen atoms in total. The standard InChI is InChI=1S/C18H18F7N3O/c19-16(20,17(21,22)18(23,24)25)15(29)27-12-3-4-14-13(9-12)11(10-26-14)5-8-28-6-1-2-7-28/h3-4,9-10,26H,1-2,5-8H2,(H,27,29). The monoisotopic (exact) mass is 425 g/mol. The second-order valence-corrected chi connectivity index (χ2v) is 6.97. The van der Waals surface area contributed by atoms with E-state index in [2.05, 4.69) is 9.88 Å². The Morgan fingerprint density at radius 1 is 1.07 bits per heavy atom. The lowest BCUT2D eigenvalue weighted by molar-refractivity contribution is -0.343. The highest BCUT2D eigenvalue weighted by molar-refractivity contribution is 5.99. The van der Waals surface area contributed by atoms with Crippen LogP contribution >= 0.6 is 0 Å². The van der Waals surface area contributed by atoms with Gasteiger partial charge in [0.25, 0.3) is 0 Å². The number of anilines is 1. The van der Waals surface area contributed by atoms with E-state index in [4.69, 9.17) is 0 Å². The number of carbonyl (C=O) groups is 1. The lowest BCUT2D eigenvalue weighted by Crippen LogP contribution is -2.57. The molecule has 11 heteroatoms. The molecule has 1 fully saturated rings. The summed E-state index contributed by atoms with van der Waals surface area (Å²) in [7, 11) is 0. The molecule has 0 unspecified atom stereocenters. The maximum absolute atomic E-state index is 13.5. The third-order valence-electron chi connectivity index (χ3n) is 4.96. The molecule has 1 aromatic heterocycles. The van der Waals surface area contributed by atoms with E-state index < -0.39 is 23.9 Å². The zero-order chi connectivity index (χ0) is 21.4. The van der Waals surface area contributed by atoms with Crippen LogP contribution in [0.25, 0.3) is 10.9 Å². The predicted molar refractivity (Wildman–Crippen MR) is 92.3 cm³/mol. The van der Waals surface area contributed by atoms with Gasteiger partial charge in [0.2, 0.25) is 0 Å². The molecule has 0 saturated carbocycles. The van der Waals surface area contributed by atoms with Crippen molar-refractivity contribution in [2.75, 3.05) is 25.0 Å². The first-order valence-electron chi connectivity index (χ1n) is 8.89. The summed E-state index contributed by atoms with van der Waals surface area (Å²) in [6.07, 6.45) is -2.01. The first-order valence-corrected chi connectivity index (χ1v) is 8.89. The van der Waals surface area contributed by atoms with Crippen molar-refractivity contribution in [2.45, 2.75) is 37.3 Å². The number of alkyl halides is 7. The molecule has 3 rings (SSSR count). The second-order valence-electron chi connectivity index (χ2n) is 6.97. The molecule has 1 amide bonds. The number of benzene rings is 1. The molecule has 1 aromatic carbocycles. The van der Waals surface area contributed by atoms with Gasteiger partial charge in [-0.15, -0.1) is 0 Å². The molecular formula is C18H18F7N3O. The van der Waals surface area contributed by atoms with E-state index in [-0.39, 0.29) is 5.69 Å². The summed E-state index contributed by atoms with van der Waals surface area (Å²) in [6.45, 7) is 2.72. The number of aromatic nitrogens is 1. The highest BCUT2D eigenvalue weighted by Crippen LogP contribution is 2.46. The van der Waals surface area contributed by atoms with E-state index in [0.29, 0.717) is 17.3 Å². The molecule has 1 aliphatic heterocycles. The first-order chi connectivity index (χ1) is 13.4. The Bertz CT molecular complexity index is 885. The number of fused-ring (bicyclic) bond motifs is 1. The second kappa shape index (κ2) is 7.51. The van der Waals surface area contributed by atoms with Crippen molar-refractivity contribution in [3.05, 3.63) is 30.0 Å². The lowest BCUT2D eigenvalue weighted by Gasteiger charge is -2.27. The van der Waals surface area contributed by atoms with Crippen LogP contribution < -0.4 is 5.32 Å². The number of halogens is 7. The fourth-order valence-electron chi connectivity index (χ4n) is 3.28. The quantitative estimate of drug-likeness (QED) is 0.666. The number of rotatable bonds is 6. The van der Waals surface area contributed by atoms with Gasteiger partial charge in [-0.1, -0.05) is 0 Å². The van der Waals surface area contributed by atoms with Crippen molar-refractivity contribution in [1.82, 2.24) is 9.88 Å². The van der Waals surface area contributed by atoms with Gasteiger partial charge in [-0.3, -0.25) is 4.79 Å². The third kappa shape index (κ3) is 4.05. The minimum Gasteiger partial charge on any atom is -0.361 e. The summed E-state index contributed by atoms with van der Waals surface area (Å²) >= 11 is 0. The van der Waals surface area contributed by atoms with Crippen molar-refractivity contribution in [3.8, 4) is 0 Å². The fraction of sp³-hybridized carbons (Fsp3) is 0.500. The fourth-order valence-corrected chi connectivity index (χ4v) is 3.28. The number of amides is 1. The van der Waals surface area contributed by atoms with Crippen LogP contribution in [0.3, 0.4) is 0 Å². The smallest absolute Gasteiger partial charge is 0.361 e. The largest absolute Gasteiger partial charge is 0.460 e. The van der Waals surface area contributed by atoms with Crippen LogP contribution in [0.15, 0.2) is 24.4 Å². The van der Waals surface area contributed by atoms with E-state index in [1.165, 1.54) is 17.4 Å². The Balaban J connectivity index is 1.77. The van der Waals surface area contributed by atoms with E-state index in [1.807, 2.05) is 0 Å². The maximum Gasteiger partial charge on any atom is 0.460 e. The molecule has 2 N–H and O–H groups in total. The van der Waals surface area contributed by atoms with E-state index >= 15 is 0 Å². The molecule has 160 valence electrons. The number of carbonyl (C=O) groups excluding carboxylic acids is 1. The number of H-pyrrole nitrogens is 1. The van der Waals surface area contributed by atoms with Gasteiger partial charge >= 0.3 is 23.9 Å². The van der Waals surface area contributed by atoms with Crippen molar-refractivity contribution in [2.24, 2.45) is 0 Å². The van der Waals surface area contributed by atoms with Crippen molar-refractivity contribution < 1.29 is 35.5 Å². The van der Waals surface area contributed by atoms with Gasteiger partial charge in [0, 0.05) is 29.3 Å². The Morgan fingerprint density at radius 3 is 2.34 bits per heavy atom. The van der Waals surface area contributed by atoms with Crippen molar-refractivity contribution in [1.29, 1.82) is 0 Å². The number of likely N-dealkylation sites (tertiary alicyclic amines) is 1. The van der Waals surface area contributed by atoms with Crippen LogP contribution in [0, 0.1) is 0 Å². The normalized spacial score (nSPS) is 16.5. The summed E-state index contributed by atoms with van der Waals surface area (Å²) in [5.41, 5.74) is 1.13. The molecule has 1 saturated heterocycles. The Kier molecular flexibility index (Phi) is 5.54. The SMILES string of the molecule is O=C(Nc1ccc2[nH]cc(CCN3CCCC3)c2c1)C(F)(F)C(F)(F)C(F)(F)F. The average molecular weight is 425 g/mol. The van der Waals surface area contributed by atoms with Crippen LogP contribution in [0.2, 0.25) is 0 Å². The summed E-state index contributed by atoms with van der Waals surface area (Å²) in [5.74, 6) is -15.2. The van der Waals surface area contributed by atoms with Gasteiger partial charge in [0.05, 0.1) is 0 Å². The summed E-state index contributed by atoms with van der Waals surface area (Å²) in [4.78, 5) is 16.8. The van der Waals surface area contributed by atoms with Crippen LogP contribution in [-0.4, -0.2) is 53.4 Å². The van der Waals surface area contributed by atoms with Gasteiger partial charge in [-0.25, -0.2) is 0 Å². The van der Waals surface area contributed by atoms with Crippen molar-refractivity contribution >= 4 is 22.5 Å². The number of hydrogen-bond donors (Lipinski definition) is 2. The number of nitrogens with one attached hydrogen (secondary N) is 2. The third-order valence-corrected chi connectivity index (χ3v) is 4.96. The van der Waals surface area contributed by atoms with E-state index in [0.717, 1.165) is 44.1 Å². The number of nitrogens with zero attached hydrogens (tertiary/aromatic N) is 1. The zero-order valence-electron chi connectivity index (χ0n) is 15.1. The van der Waals surface area contributed by atoms with Crippen LogP contribution in [0.1, 0.15) is 18.4 Å². The van der Waals surface area contributed by atoms with Gasteiger partial charge < -0.3 is 15.2 Å². The van der Waals surface area contributed by atoms with Gasteiger partial charge in [0.15, 0.2) is 0 Å². The molecule has 0 radical (unpaired) electrons. The average Bonchev–Trinajstić information content (AvgIpc) is 3.28. The first kappa shape index (κ1) is 21.4. The minimum absolute atomic E-state index is 0.304. The molecule has 0 spiro atoms. The van der Waals surface area contributed by atoms with Gasteiger partial charge in [0.1, 0.15) is 0 Å². The summed E-state index contributed by atoms with van der Waals surface area (Å²) < 4.78 is 89.8. The topological polar surface area (TPSA) is 48.1 Å². The Hall–Kier alpha value is -2.30. The highest BCUT2D eigenvalue weighted by Gasteiger charge is 2.76. The van der Waals surface area contributed by atoms with Gasteiger partial charge in [-0.05, 0) is 56.1 Å². The van der Waals surface area contributed by atoms with Crippen LogP contribution in [0.5, 0.6) is 0 Å². The van der Waals surface area contributed by atoms with Crippen LogP contribution in [0.4, 0.5) is 36.4 Å². The molecule has 29 heavy (non-hydrogen) atoms. The molecule has 0 atom stereocenters. The number of hydrogen-bond acceptors (Lipinski definition) is 2. The molecule has 2 aromatic rings. The molecule has 0 bridgehead atoms. The summed E-state index contributed by atoms with van der Waals surface area (Å²) in [5, 5.41) is 2.04. The number of aromatic amines is 1. The Labute approximate surface area is 161 Å². The maximum atomic E-state index is 13.5. The zero-order valence-corrected chi connectivity index (χ0v) is 15.1. The highest BCUT2D eigenvalue weighted by atomic mass is 19.4. The molecule has 1 aliphatic rings. The minimum atomic E-state index is -6.57.